The molecule has 0 bridgehead atoms. The van der Waals surface area contributed by atoms with Gasteiger partial charge in [-0.1, -0.05) is 32.4 Å². The monoisotopic (exact) mass is 443 g/mol. The lowest BCUT2D eigenvalue weighted by Crippen LogP contribution is -2.17. The van der Waals surface area contributed by atoms with Crippen molar-refractivity contribution in [3.05, 3.63) is 64.9 Å². The zero-order valence-electron chi connectivity index (χ0n) is 18.0. The fourth-order valence-corrected chi connectivity index (χ4v) is 2.93. The number of aliphatic hydroxyl groups is 1. The number of carbonyl (C=O) groups excluding carboxylic acids is 1. The fourth-order valence-electron chi connectivity index (χ4n) is 2.80. The first-order chi connectivity index (χ1) is 14.7. The molecule has 2 N–H and O–H groups in total. The molecule has 0 saturated carbocycles. The van der Waals surface area contributed by atoms with Gasteiger partial charge >= 0.3 is 0 Å². The molecule has 0 aliphatic carbocycles. The van der Waals surface area contributed by atoms with Crippen molar-refractivity contribution in [3.63, 3.8) is 0 Å². The van der Waals surface area contributed by atoms with Gasteiger partial charge in [-0.05, 0) is 41.8 Å². The van der Waals surface area contributed by atoms with Gasteiger partial charge in [-0.2, -0.15) is 5.10 Å². The van der Waals surface area contributed by atoms with Crippen LogP contribution in [0.25, 0.3) is 5.69 Å². The predicted molar refractivity (Wildman–Crippen MR) is 120 cm³/mol. The number of anilines is 1. The van der Waals surface area contributed by atoms with Gasteiger partial charge in [-0.15, -0.1) is 0 Å². The molecular formula is C23H26ClN3O4. The van der Waals surface area contributed by atoms with Gasteiger partial charge < -0.3 is 19.9 Å². The van der Waals surface area contributed by atoms with Gasteiger partial charge in [0, 0.05) is 23.0 Å². The van der Waals surface area contributed by atoms with Crippen molar-refractivity contribution in [2.24, 2.45) is 5.41 Å². The van der Waals surface area contributed by atoms with Gasteiger partial charge in [-0.25, -0.2) is 4.68 Å². The molecule has 0 atom stereocenters. The van der Waals surface area contributed by atoms with E-state index in [2.05, 4.69) is 31.2 Å². The maximum absolute atomic E-state index is 12.9. The third kappa shape index (κ3) is 5.77. The van der Waals surface area contributed by atoms with E-state index in [-0.39, 0.29) is 23.3 Å². The van der Waals surface area contributed by atoms with E-state index in [4.69, 9.17) is 21.1 Å². The summed E-state index contributed by atoms with van der Waals surface area (Å²) in [4.78, 5) is 12.9. The molecule has 1 heterocycles. The van der Waals surface area contributed by atoms with Crippen molar-refractivity contribution in [3.8, 4) is 17.2 Å². The average molecular weight is 444 g/mol. The summed E-state index contributed by atoms with van der Waals surface area (Å²) in [5.41, 5.74) is 1.80. The molecule has 8 heteroatoms. The molecular weight excluding hydrogens is 418 g/mol. The fraction of sp³-hybridized carbons (Fsp3) is 0.304. The molecule has 1 amide bonds. The van der Waals surface area contributed by atoms with Crippen molar-refractivity contribution < 1.29 is 19.4 Å². The molecule has 0 unspecified atom stereocenters. The Morgan fingerprint density at radius 3 is 2.48 bits per heavy atom. The third-order valence-electron chi connectivity index (χ3n) is 4.36. The van der Waals surface area contributed by atoms with E-state index in [1.165, 1.54) is 4.68 Å². The number of aromatic nitrogens is 2. The Bertz CT molecular complexity index is 1060. The predicted octanol–water partition coefficient (Wildman–Crippen LogP) is 4.70. The minimum Gasteiger partial charge on any atom is -0.493 e. The van der Waals surface area contributed by atoms with Crippen LogP contribution in [0.5, 0.6) is 11.5 Å². The summed E-state index contributed by atoms with van der Waals surface area (Å²) in [7, 11) is 1.55. The highest BCUT2D eigenvalue weighted by Crippen LogP contribution is 2.32. The van der Waals surface area contributed by atoms with E-state index in [0.717, 1.165) is 5.69 Å². The highest BCUT2D eigenvalue weighted by atomic mass is 35.5. The second-order valence-electron chi connectivity index (χ2n) is 8.24. The smallest absolute Gasteiger partial charge is 0.259 e. The number of aliphatic hydroxyl groups excluding tert-OH is 1. The molecule has 3 rings (SSSR count). The molecule has 0 spiro atoms. The standard InChI is InChI=1S/C23H26ClN3O4/c1-23(2,3)14-31-20-10-7-16(11-21(20)30-4)25-22(29)18-12-27(26-19(18)13-28)17-8-5-15(24)6-9-17/h5-12,28H,13-14H2,1-4H3,(H,25,29). The summed E-state index contributed by atoms with van der Waals surface area (Å²) in [6.45, 7) is 6.40. The van der Waals surface area contributed by atoms with Crippen LogP contribution in [0.4, 0.5) is 5.69 Å². The van der Waals surface area contributed by atoms with Crippen molar-refractivity contribution >= 4 is 23.2 Å². The van der Waals surface area contributed by atoms with Crippen LogP contribution in [0.15, 0.2) is 48.7 Å². The Hall–Kier alpha value is -3.03. The van der Waals surface area contributed by atoms with Crippen LogP contribution in [-0.2, 0) is 6.61 Å². The highest BCUT2D eigenvalue weighted by Gasteiger charge is 2.18. The number of hydrogen-bond acceptors (Lipinski definition) is 5. The summed E-state index contributed by atoms with van der Waals surface area (Å²) in [6.07, 6.45) is 1.57. The number of hydrogen-bond donors (Lipinski definition) is 2. The SMILES string of the molecule is COc1cc(NC(=O)c2cn(-c3ccc(Cl)cc3)nc2CO)ccc1OCC(C)(C)C. The quantitative estimate of drug-likeness (QED) is 0.552. The zero-order chi connectivity index (χ0) is 22.6. The number of nitrogens with zero attached hydrogens (tertiary/aromatic N) is 2. The van der Waals surface area contributed by atoms with Gasteiger partial charge in [0.2, 0.25) is 0 Å². The van der Waals surface area contributed by atoms with Crippen LogP contribution in [0.1, 0.15) is 36.8 Å². The Balaban J connectivity index is 1.80. The topological polar surface area (TPSA) is 85.6 Å². The number of benzene rings is 2. The Morgan fingerprint density at radius 2 is 1.87 bits per heavy atom. The number of nitrogens with one attached hydrogen (secondary N) is 1. The molecule has 0 aliphatic heterocycles. The normalized spacial score (nSPS) is 11.3. The first kappa shape index (κ1) is 22.7. The van der Waals surface area contributed by atoms with Gasteiger partial charge in [0.05, 0.1) is 31.6 Å². The maximum atomic E-state index is 12.9. The molecule has 164 valence electrons. The second-order valence-corrected chi connectivity index (χ2v) is 8.67. The van der Waals surface area contributed by atoms with Crippen molar-refractivity contribution in [2.75, 3.05) is 19.0 Å². The van der Waals surface area contributed by atoms with Crippen molar-refractivity contribution in [1.29, 1.82) is 0 Å². The number of halogens is 1. The van der Waals surface area contributed by atoms with Gasteiger partial charge in [0.1, 0.15) is 5.69 Å². The Labute approximate surface area is 186 Å². The Kier molecular flexibility index (Phi) is 6.87. The molecule has 7 nitrogen and oxygen atoms in total. The van der Waals surface area contributed by atoms with E-state index < -0.39 is 5.91 Å². The van der Waals surface area contributed by atoms with Crippen LogP contribution < -0.4 is 14.8 Å². The summed E-state index contributed by atoms with van der Waals surface area (Å²) in [5.74, 6) is 0.720. The molecule has 0 fully saturated rings. The highest BCUT2D eigenvalue weighted by molar-refractivity contribution is 6.30. The summed E-state index contributed by atoms with van der Waals surface area (Å²) < 4.78 is 12.8. The number of ether oxygens (including phenoxy) is 2. The Morgan fingerprint density at radius 1 is 1.16 bits per heavy atom. The molecule has 1 aromatic heterocycles. The second kappa shape index (κ2) is 9.41. The van der Waals surface area contributed by atoms with Gasteiger partial charge in [-0.3, -0.25) is 4.79 Å². The van der Waals surface area contributed by atoms with E-state index in [0.29, 0.717) is 28.8 Å². The number of amides is 1. The number of methoxy groups -OCH3 is 1. The summed E-state index contributed by atoms with van der Waals surface area (Å²) in [5, 5.41) is 17.4. The zero-order valence-corrected chi connectivity index (χ0v) is 18.7. The van der Waals surface area contributed by atoms with Crippen LogP contribution in [-0.4, -0.2) is 34.5 Å². The van der Waals surface area contributed by atoms with E-state index >= 15 is 0 Å². The maximum Gasteiger partial charge on any atom is 0.259 e. The van der Waals surface area contributed by atoms with Crippen molar-refractivity contribution in [2.45, 2.75) is 27.4 Å². The molecule has 0 aliphatic rings. The molecule has 2 aromatic carbocycles. The van der Waals surface area contributed by atoms with Crippen LogP contribution in [0.2, 0.25) is 5.02 Å². The summed E-state index contributed by atoms with van der Waals surface area (Å²) in [6, 6.07) is 12.2. The summed E-state index contributed by atoms with van der Waals surface area (Å²) >= 11 is 5.93. The van der Waals surface area contributed by atoms with Crippen LogP contribution >= 0.6 is 11.6 Å². The number of carbonyl (C=O) groups is 1. The lowest BCUT2D eigenvalue weighted by molar-refractivity contribution is 0.102. The van der Waals surface area contributed by atoms with E-state index in [9.17, 15) is 9.90 Å². The third-order valence-corrected chi connectivity index (χ3v) is 4.61. The minimum atomic E-state index is -0.394. The average Bonchev–Trinajstić information content (AvgIpc) is 3.17. The van der Waals surface area contributed by atoms with Crippen LogP contribution in [0.3, 0.4) is 0 Å². The minimum absolute atomic E-state index is 0.00282. The van der Waals surface area contributed by atoms with Gasteiger partial charge in [0.25, 0.3) is 5.91 Å². The van der Waals surface area contributed by atoms with E-state index in [1.807, 2.05) is 0 Å². The molecule has 3 aromatic rings. The number of rotatable bonds is 7. The van der Waals surface area contributed by atoms with Gasteiger partial charge in [0.15, 0.2) is 11.5 Å². The first-order valence-electron chi connectivity index (χ1n) is 9.78. The molecule has 0 radical (unpaired) electrons. The first-order valence-corrected chi connectivity index (χ1v) is 10.2. The molecule has 31 heavy (non-hydrogen) atoms. The molecule has 0 saturated heterocycles. The van der Waals surface area contributed by atoms with E-state index in [1.54, 1.807) is 55.8 Å². The van der Waals surface area contributed by atoms with Crippen LogP contribution in [0, 0.1) is 5.41 Å². The van der Waals surface area contributed by atoms with Crippen molar-refractivity contribution in [1.82, 2.24) is 9.78 Å². The lowest BCUT2D eigenvalue weighted by Gasteiger charge is -2.20. The largest absolute Gasteiger partial charge is 0.493 e. The lowest BCUT2D eigenvalue weighted by atomic mass is 9.99.